The van der Waals surface area contributed by atoms with E-state index >= 15 is 0 Å². The number of unbranched alkanes of at least 4 members (excludes halogenated alkanes) is 1. The van der Waals surface area contributed by atoms with Crippen molar-refractivity contribution in [3.63, 3.8) is 0 Å². The molecule has 0 bridgehead atoms. The highest BCUT2D eigenvalue weighted by atomic mass is 28.3. The summed E-state index contributed by atoms with van der Waals surface area (Å²) in [5.41, 5.74) is 2.49. The van der Waals surface area contributed by atoms with Crippen molar-refractivity contribution in [2.45, 2.75) is 58.7 Å². The van der Waals surface area contributed by atoms with E-state index in [0.29, 0.717) is 6.61 Å². The van der Waals surface area contributed by atoms with Gasteiger partial charge in [0.1, 0.15) is 0 Å². The van der Waals surface area contributed by atoms with Crippen LogP contribution in [-0.2, 0) is 9.53 Å². The topological polar surface area (TPSA) is 26.3 Å². The molecule has 0 N–H and O–H groups in total. The van der Waals surface area contributed by atoms with Gasteiger partial charge in [-0.3, -0.25) is 4.79 Å². The van der Waals surface area contributed by atoms with Crippen LogP contribution >= 0.6 is 0 Å². The van der Waals surface area contributed by atoms with Crippen molar-refractivity contribution in [2.75, 3.05) is 6.61 Å². The molecule has 0 unspecified atom stereocenters. The van der Waals surface area contributed by atoms with Crippen LogP contribution in [0.25, 0.3) is 0 Å². The van der Waals surface area contributed by atoms with Crippen molar-refractivity contribution < 1.29 is 9.53 Å². The second-order valence-electron chi connectivity index (χ2n) is 4.31. The molecular formula is C13H26O2Si. The van der Waals surface area contributed by atoms with Gasteiger partial charge in [0.05, 0.1) is 14.7 Å². The second-order valence-corrected chi connectivity index (χ2v) is 9.49. The van der Waals surface area contributed by atoms with Crippen LogP contribution in [0, 0.1) is 0 Å². The molecule has 0 aromatic carbocycles. The van der Waals surface area contributed by atoms with Gasteiger partial charge < -0.3 is 4.74 Å². The fraction of sp³-hybridized carbons (Fsp3) is 0.769. The first-order valence-corrected chi connectivity index (χ1v) is 9.11. The molecule has 0 fully saturated rings. The molecule has 0 aliphatic rings. The number of ether oxygens (including phenoxy) is 1. The minimum atomic E-state index is -1.09. The van der Waals surface area contributed by atoms with Crippen LogP contribution in [0.4, 0.5) is 0 Å². The zero-order valence-corrected chi connectivity index (χ0v) is 12.2. The van der Waals surface area contributed by atoms with Gasteiger partial charge in [0.15, 0.2) is 0 Å². The quantitative estimate of drug-likeness (QED) is 0.366. The van der Waals surface area contributed by atoms with Crippen LogP contribution < -0.4 is 0 Å². The summed E-state index contributed by atoms with van der Waals surface area (Å²) in [7, 11) is -1.09. The van der Waals surface area contributed by atoms with Gasteiger partial charge in [-0.15, -0.1) is 0 Å². The van der Waals surface area contributed by atoms with Gasteiger partial charge in [-0.2, -0.15) is 0 Å². The number of hydrogen-bond acceptors (Lipinski definition) is 2. The Morgan fingerprint density at radius 1 is 1.19 bits per heavy atom. The zero-order chi connectivity index (χ0) is 12.4. The molecule has 0 aromatic heterocycles. The van der Waals surface area contributed by atoms with Gasteiger partial charge in [0.2, 0.25) is 0 Å². The monoisotopic (exact) mass is 242 g/mol. The van der Waals surface area contributed by atoms with Crippen molar-refractivity contribution >= 4 is 14.0 Å². The lowest BCUT2D eigenvalue weighted by Crippen LogP contribution is -2.28. The summed E-state index contributed by atoms with van der Waals surface area (Å²) in [6, 6.07) is 4.00. The normalized spacial score (nSPS) is 12.0. The molecular weight excluding hydrogens is 216 g/mol. The lowest BCUT2D eigenvalue weighted by molar-refractivity contribution is -0.141. The highest BCUT2D eigenvalue weighted by molar-refractivity contribution is 6.84. The Morgan fingerprint density at radius 2 is 1.75 bits per heavy atom. The number of carbonyl (C=O) groups is 1. The molecule has 0 heterocycles. The molecule has 0 aliphatic carbocycles. The maximum Gasteiger partial charge on any atom is 0.302 e. The average molecular weight is 242 g/mol. The molecule has 0 aromatic rings. The highest BCUT2D eigenvalue weighted by Gasteiger charge is 2.22. The predicted octanol–water partition coefficient (Wildman–Crippen LogP) is 3.93. The molecule has 0 radical (unpaired) electrons. The van der Waals surface area contributed by atoms with Crippen molar-refractivity contribution in [3.05, 3.63) is 11.8 Å². The zero-order valence-electron chi connectivity index (χ0n) is 11.2. The van der Waals surface area contributed by atoms with Crippen LogP contribution in [-0.4, -0.2) is 20.7 Å². The minimum absolute atomic E-state index is 0.177. The summed E-state index contributed by atoms with van der Waals surface area (Å²) in [5.74, 6) is -0.177. The van der Waals surface area contributed by atoms with E-state index in [0.717, 1.165) is 12.8 Å². The van der Waals surface area contributed by atoms with Gasteiger partial charge in [0, 0.05) is 6.92 Å². The fourth-order valence-electron chi connectivity index (χ4n) is 1.85. The first-order valence-electron chi connectivity index (χ1n) is 6.41. The molecule has 0 atom stereocenters. The first-order chi connectivity index (χ1) is 7.60. The van der Waals surface area contributed by atoms with Crippen molar-refractivity contribution in [1.29, 1.82) is 0 Å². The minimum Gasteiger partial charge on any atom is -0.466 e. The maximum atomic E-state index is 10.5. The SMILES string of the molecule is CC[Si](/C=C\CCCOC(C)=O)(CC)CC. The van der Waals surface area contributed by atoms with E-state index < -0.39 is 8.07 Å². The van der Waals surface area contributed by atoms with Gasteiger partial charge in [-0.25, -0.2) is 0 Å². The Hall–Kier alpha value is -0.573. The Labute approximate surface area is 101 Å². The third-order valence-corrected chi connectivity index (χ3v) is 8.57. The molecule has 0 saturated heterocycles. The fourth-order valence-corrected chi connectivity index (χ4v) is 4.73. The number of carbonyl (C=O) groups excluding carboxylic acids is 1. The van der Waals surface area contributed by atoms with Crippen LogP contribution in [0.1, 0.15) is 40.5 Å². The Balaban J connectivity index is 3.84. The van der Waals surface area contributed by atoms with E-state index in [9.17, 15) is 4.79 Å². The number of esters is 1. The highest BCUT2D eigenvalue weighted by Crippen LogP contribution is 2.21. The van der Waals surface area contributed by atoms with E-state index in [2.05, 4.69) is 32.5 Å². The lowest BCUT2D eigenvalue weighted by atomic mass is 10.3. The summed E-state index contributed by atoms with van der Waals surface area (Å²) in [6.45, 7) is 8.94. The Bertz CT molecular complexity index is 212. The maximum absolute atomic E-state index is 10.5. The second kappa shape index (κ2) is 8.56. The average Bonchev–Trinajstić information content (AvgIpc) is 2.29. The van der Waals surface area contributed by atoms with Crippen LogP contribution in [0.5, 0.6) is 0 Å². The first kappa shape index (κ1) is 15.4. The summed E-state index contributed by atoms with van der Waals surface area (Å²) < 4.78 is 4.89. The smallest absolute Gasteiger partial charge is 0.302 e. The molecule has 16 heavy (non-hydrogen) atoms. The van der Waals surface area contributed by atoms with E-state index in [1.54, 1.807) is 0 Å². The summed E-state index contributed by atoms with van der Waals surface area (Å²) in [4.78, 5) is 10.5. The molecule has 0 rings (SSSR count). The van der Waals surface area contributed by atoms with E-state index in [1.165, 1.54) is 25.1 Å². The molecule has 2 nitrogen and oxygen atoms in total. The van der Waals surface area contributed by atoms with E-state index in [1.807, 2.05) is 0 Å². The molecule has 3 heteroatoms. The number of hydrogen-bond donors (Lipinski definition) is 0. The van der Waals surface area contributed by atoms with Crippen LogP contribution in [0.2, 0.25) is 18.1 Å². The number of rotatable bonds is 8. The molecule has 94 valence electrons. The van der Waals surface area contributed by atoms with Gasteiger partial charge >= 0.3 is 5.97 Å². The van der Waals surface area contributed by atoms with Crippen LogP contribution in [0.15, 0.2) is 11.8 Å². The lowest BCUT2D eigenvalue weighted by Gasteiger charge is -2.23. The molecule has 0 aliphatic heterocycles. The van der Waals surface area contributed by atoms with E-state index in [-0.39, 0.29) is 5.97 Å². The molecule has 0 saturated carbocycles. The standard InChI is InChI=1S/C13H26O2Si/c1-5-16(6-2,7-3)12-10-8-9-11-15-13(4)14/h10,12H,5-9,11H2,1-4H3/b12-10-. The van der Waals surface area contributed by atoms with E-state index in [4.69, 9.17) is 4.74 Å². The third-order valence-electron chi connectivity index (χ3n) is 3.40. The van der Waals surface area contributed by atoms with Gasteiger partial charge in [-0.05, 0) is 12.8 Å². The Kier molecular flexibility index (Phi) is 8.26. The molecule has 0 amide bonds. The summed E-state index contributed by atoms with van der Waals surface area (Å²) in [6.07, 6.45) is 4.27. The summed E-state index contributed by atoms with van der Waals surface area (Å²) >= 11 is 0. The number of allylic oxidation sites excluding steroid dienone is 1. The van der Waals surface area contributed by atoms with Crippen molar-refractivity contribution in [1.82, 2.24) is 0 Å². The Morgan fingerprint density at radius 3 is 2.19 bits per heavy atom. The largest absolute Gasteiger partial charge is 0.466 e. The van der Waals surface area contributed by atoms with Crippen LogP contribution in [0.3, 0.4) is 0 Å². The van der Waals surface area contributed by atoms with Gasteiger partial charge in [0.25, 0.3) is 0 Å². The predicted molar refractivity (Wildman–Crippen MR) is 72.2 cm³/mol. The molecule has 0 spiro atoms. The van der Waals surface area contributed by atoms with Crippen molar-refractivity contribution in [3.8, 4) is 0 Å². The summed E-state index contributed by atoms with van der Waals surface area (Å²) in [5, 5.41) is 0. The van der Waals surface area contributed by atoms with Crippen molar-refractivity contribution in [2.24, 2.45) is 0 Å². The third kappa shape index (κ3) is 6.11. The van der Waals surface area contributed by atoms with Gasteiger partial charge in [-0.1, -0.05) is 50.7 Å².